The van der Waals surface area contributed by atoms with Crippen molar-refractivity contribution in [2.75, 3.05) is 0 Å². The second-order valence-corrected chi connectivity index (χ2v) is 6.34. The summed E-state index contributed by atoms with van der Waals surface area (Å²) in [7, 11) is -3.56. The van der Waals surface area contributed by atoms with E-state index in [4.69, 9.17) is 0 Å². The third-order valence-corrected chi connectivity index (χ3v) is 4.32. The van der Waals surface area contributed by atoms with E-state index in [1.54, 1.807) is 0 Å². The van der Waals surface area contributed by atoms with Crippen molar-refractivity contribution in [3.63, 3.8) is 0 Å². The molecule has 0 fully saturated rings. The fraction of sp³-hybridized carbons (Fsp3) is 0.455. The van der Waals surface area contributed by atoms with Gasteiger partial charge in [-0.3, -0.25) is 0 Å². The number of hydrogen-bond donors (Lipinski definition) is 1. The second kappa shape index (κ2) is 5.10. The van der Waals surface area contributed by atoms with Crippen molar-refractivity contribution in [1.82, 2.24) is 4.72 Å². The summed E-state index contributed by atoms with van der Waals surface area (Å²) in [6.07, 6.45) is 0. The minimum Gasteiger partial charge on any atom is -0.212 e. The first kappa shape index (κ1) is 14.1. The summed E-state index contributed by atoms with van der Waals surface area (Å²) in [5, 5.41) is -0.653. The van der Waals surface area contributed by atoms with Crippen LogP contribution in [-0.4, -0.2) is 13.7 Å². The molecule has 1 atom stereocenters. The lowest BCUT2D eigenvalue weighted by molar-refractivity contribution is 0.512. The number of benzene rings is 1. The highest BCUT2D eigenvalue weighted by atomic mass is 32.2. The van der Waals surface area contributed by atoms with Gasteiger partial charge in [0.2, 0.25) is 10.0 Å². The van der Waals surface area contributed by atoms with Crippen molar-refractivity contribution in [3.8, 4) is 0 Å². The zero-order valence-electron chi connectivity index (χ0n) is 9.87. The van der Waals surface area contributed by atoms with E-state index in [0.717, 1.165) is 12.1 Å². The summed E-state index contributed by atoms with van der Waals surface area (Å²) < 4.78 is 52.2. The Kier molecular flexibility index (Phi) is 4.21. The molecule has 1 rings (SSSR count). The largest absolute Gasteiger partial charge is 0.214 e. The SMILES string of the molecule is CC(NS(=O)(=O)C(C)C)c1c(F)cccc1F. The molecule has 0 saturated carbocycles. The molecule has 0 radical (unpaired) electrons. The normalized spacial score (nSPS) is 14.0. The van der Waals surface area contributed by atoms with E-state index in [0.29, 0.717) is 0 Å². The number of hydrogen-bond acceptors (Lipinski definition) is 2. The van der Waals surface area contributed by atoms with Gasteiger partial charge in [0, 0.05) is 11.6 Å². The van der Waals surface area contributed by atoms with Crippen molar-refractivity contribution >= 4 is 10.0 Å². The predicted octanol–water partition coefficient (Wildman–Crippen LogP) is 2.35. The number of sulfonamides is 1. The first-order valence-corrected chi connectivity index (χ1v) is 6.75. The molecule has 3 nitrogen and oxygen atoms in total. The Balaban J connectivity index is 3.03. The Bertz CT molecular complexity index is 480. The van der Waals surface area contributed by atoms with E-state index in [1.807, 2.05) is 0 Å². The van der Waals surface area contributed by atoms with Crippen LogP contribution >= 0.6 is 0 Å². The van der Waals surface area contributed by atoms with Crippen molar-refractivity contribution in [2.24, 2.45) is 0 Å². The highest BCUT2D eigenvalue weighted by Gasteiger charge is 2.23. The molecule has 0 heterocycles. The van der Waals surface area contributed by atoms with Crippen LogP contribution < -0.4 is 4.72 Å². The molecule has 1 aromatic rings. The third-order valence-electron chi connectivity index (χ3n) is 2.39. The molecule has 0 aromatic heterocycles. The van der Waals surface area contributed by atoms with Crippen LogP contribution in [0.1, 0.15) is 32.4 Å². The van der Waals surface area contributed by atoms with Crippen molar-refractivity contribution in [3.05, 3.63) is 35.4 Å². The average molecular weight is 263 g/mol. The Morgan fingerprint density at radius 1 is 1.12 bits per heavy atom. The summed E-state index contributed by atoms with van der Waals surface area (Å²) in [6.45, 7) is 4.39. The molecule has 17 heavy (non-hydrogen) atoms. The Morgan fingerprint density at radius 3 is 2.00 bits per heavy atom. The first-order valence-electron chi connectivity index (χ1n) is 5.20. The maximum absolute atomic E-state index is 13.4. The van der Waals surface area contributed by atoms with Crippen LogP contribution in [0.25, 0.3) is 0 Å². The van der Waals surface area contributed by atoms with E-state index in [-0.39, 0.29) is 5.56 Å². The molecule has 0 bridgehead atoms. The number of rotatable bonds is 4. The highest BCUT2D eigenvalue weighted by Crippen LogP contribution is 2.21. The molecular formula is C11H15F2NO2S. The van der Waals surface area contributed by atoms with Crippen LogP contribution in [0.15, 0.2) is 18.2 Å². The average Bonchev–Trinajstić information content (AvgIpc) is 2.15. The van der Waals surface area contributed by atoms with Crippen LogP contribution in [-0.2, 0) is 10.0 Å². The van der Waals surface area contributed by atoms with Gasteiger partial charge < -0.3 is 0 Å². The van der Waals surface area contributed by atoms with Gasteiger partial charge in [0.05, 0.1) is 5.25 Å². The van der Waals surface area contributed by atoms with Gasteiger partial charge in [0.15, 0.2) is 0 Å². The van der Waals surface area contributed by atoms with Gasteiger partial charge in [0.1, 0.15) is 11.6 Å². The second-order valence-electron chi connectivity index (χ2n) is 4.07. The fourth-order valence-corrected chi connectivity index (χ4v) is 2.25. The van der Waals surface area contributed by atoms with Crippen LogP contribution in [0.2, 0.25) is 0 Å². The van der Waals surface area contributed by atoms with Gasteiger partial charge in [-0.25, -0.2) is 21.9 Å². The van der Waals surface area contributed by atoms with E-state index in [2.05, 4.69) is 4.72 Å². The van der Waals surface area contributed by atoms with E-state index < -0.39 is 32.9 Å². The molecule has 0 saturated heterocycles. The molecule has 6 heteroatoms. The predicted molar refractivity (Wildman–Crippen MR) is 62.0 cm³/mol. The molecule has 1 unspecified atom stereocenters. The smallest absolute Gasteiger partial charge is 0.212 e. The lowest BCUT2D eigenvalue weighted by Crippen LogP contribution is -2.33. The van der Waals surface area contributed by atoms with Crippen LogP contribution in [0, 0.1) is 11.6 Å². The van der Waals surface area contributed by atoms with Gasteiger partial charge in [-0.05, 0) is 32.9 Å². The van der Waals surface area contributed by atoms with Crippen molar-refractivity contribution in [2.45, 2.75) is 32.1 Å². The molecule has 1 aromatic carbocycles. The number of nitrogens with one attached hydrogen (secondary N) is 1. The monoisotopic (exact) mass is 263 g/mol. The van der Waals surface area contributed by atoms with Crippen LogP contribution in [0.5, 0.6) is 0 Å². The molecule has 0 spiro atoms. The molecule has 1 N–H and O–H groups in total. The molecule has 0 aliphatic heterocycles. The molecule has 0 aliphatic carbocycles. The lowest BCUT2D eigenvalue weighted by Gasteiger charge is -2.17. The maximum Gasteiger partial charge on any atom is 0.214 e. The Morgan fingerprint density at radius 2 is 1.59 bits per heavy atom. The topological polar surface area (TPSA) is 46.2 Å². The Hall–Kier alpha value is -1.01. The van der Waals surface area contributed by atoms with E-state index in [1.165, 1.54) is 26.8 Å². The van der Waals surface area contributed by atoms with E-state index in [9.17, 15) is 17.2 Å². The van der Waals surface area contributed by atoms with Crippen molar-refractivity contribution in [1.29, 1.82) is 0 Å². The third kappa shape index (κ3) is 3.23. The van der Waals surface area contributed by atoms with Crippen molar-refractivity contribution < 1.29 is 17.2 Å². The molecular weight excluding hydrogens is 248 g/mol. The minimum atomic E-state index is -3.56. The summed E-state index contributed by atoms with van der Waals surface area (Å²) in [5.41, 5.74) is -0.267. The molecule has 0 amide bonds. The van der Waals surface area contributed by atoms with Gasteiger partial charge in [0.25, 0.3) is 0 Å². The Labute approximate surface area is 99.9 Å². The van der Waals surface area contributed by atoms with Gasteiger partial charge in [-0.1, -0.05) is 6.07 Å². The standard InChI is InChI=1S/C11H15F2NO2S/c1-7(2)17(15,16)14-8(3)11-9(12)5-4-6-10(11)13/h4-8,14H,1-3H3. The quantitative estimate of drug-likeness (QED) is 0.906. The summed E-state index contributed by atoms with van der Waals surface area (Å²) in [5.74, 6) is -1.52. The summed E-state index contributed by atoms with van der Waals surface area (Å²) >= 11 is 0. The van der Waals surface area contributed by atoms with E-state index >= 15 is 0 Å². The fourth-order valence-electron chi connectivity index (χ4n) is 1.37. The summed E-state index contributed by atoms with van der Waals surface area (Å²) in [4.78, 5) is 0. The molecule has 96 valence electrons. The van der Waals surface area contributed by atoms with Crippen LogP contribution in [0.3, 0.4) is 0 Å². The van der Waals surface area contributed by atoms with Gasteiger partial charge >= 0.3 is 0 Å². The summed E-state index contributed by atoms with van der Waals surface area (Å²) in [6, 6.07) is 2.48. The van der Waals surface area contributed by atoms with Crippen LogP contribution in [0.4, 0.5) is 8.78 Å². The highest BCUT2D eigenvalue weighted by molar-refractivity contribution is 7.90. The molecule has 0 aliphatic rings. The van der Waals surface area contributed by atoms with Gasteiger partial charge in [-0.15, -0.1) is 0 Å². The zero-order chi connectivity index (χ0) is 13.2. The minimum absolute atomic E-state index is 0.267. The lowest BCUT2D eigenvalue weighted by atomic mass is 10.1. The maximum atomic E-state index is 13.4. The first-order chi connectivity index (χ1) is 7.75. The van der Waals surface area contributed by atoms with Gasteiger partial charge in [-0.2, -0.15) is 0 Å². The number of halogens is 2. The zero-order valence-corrected chi connectivity index (χ0v) is 10.7.